The molecule has 1 aromatic rings. The molecule has 1 saturated carbocycles. The largest absolute Gasteiger partial charge is 0.352 e. The second-order valence-corrected chi connectivity index (χ2v) is 7.83. The van der Waals surface area contributed by atoms with E-state index in [4.69, 9.17) is 11.6 Å². The maximum absolute atomic E-state index is 11.7. The van der Waals surface area contributed by atoms with Gasteiger partial charge in [-0.25, -0.2) is 0 Å². The van der Waals surface area contributed by atoms with Crippen molar-refractivity contribution >= 4 is 33.4 Å². The number of carbonyl (C=O) groups excluding carboxylic acids is 1. The fraction of sp³-hybridized carbons (Fsp3) is 0.421. The van der Waals surface area contributed by atoms with E-state index < -0.39 is 0 Å². The van der Waals surface area contributed by atoms with Gasteiger partial charge in [0.05, 0.1) is 5.02 Å². The molecule has 0 heterocycles. The van der Waals surface area contributed by atoms with Gasteiger partial charge in [0.2, 0.25) is 5.91 Å². The monoisotopic (exact) mass is 395 g/mol. The molecule has 0 radical (unpaired) electrons. The molecular formula is C19H23BrClNO. The van der Waals surface area contributed by atoms with Crippen LogP contribution >= 0.6 is 27.5 Å². The second kappa shape index (κ2) is 8.16. The summed E-state index contributed by atoms with van der Waals surface area (Å²) in [6.07, 6.45) is 7.04. The molecule has 2 rings (SSSR count). The van der Waals surface area contributed by atoms with Gasteiger partial charge in [0, 0.05) is 17.1 Å². The minimum Gasteiger partial charge on any atom is -0.352 e. The fourth-order valence-electron chi connectivity index (χ4n) is 2.44. The Hall–Kier alpha value is -1.06. The van der Waals surface area contributed by atoms with Crippen molar-refractivity contribution < 1.29 is 4.79 Å². The van der Waals surface area contributed by atoms with Crippen LogP contribution in [0, 0.1) is 11.8 Å². The molecule has 124 valence electrons. The van der Waals surface area contributed by atoms with Crippen molar-refractivity contribution in [2.45, 2.75) is 33.1 Å². The van der Waals surface area contributed by atoms with E-state index in [1.165, 1.54) is 5.56 Å². The van der Waals surface area contributed by atoms with Gasteiger partial charge in [0.15, 0.2) is 0 Å². The maximum Gasteiger partial charge on any atom is 0.244 e. The number of halogens is 2. The van der Waals surface area contributed by atoms with Crippen LogP contribution < -0.4 is 5.32 Å². The third-order valence-electron chi connectivity index (χ3n) is 3.86. The molecule has 0 aliphatic heterocycles. The molecule has 1 aliphatic carbocycles. The fourth-order valence-corrected chi connectivity index (χ4v) is 2.88. The van der Waals surface area contributed by atoms with Crippen molar-refractivity contribution in [3.8, 4) is 0 Å². The Morgan fingerprint density at radius 1 is 1.48 bits per heavy atom. The van der Waals surface area contributed by atoms with Crippen LogP contribution in [0.5, 0.6) is 0 Å². The van der Waals surface area contributed by atoms with Gasteiger partial charge in [-0.1, -0.05) is 43.7 Å². The van der Waals surface area contributed by atoms with Crippen LogP contribution in [-0.2, 0) is 4.79 Å². The van der Waals surface area contributed by atoms with Crippen LogP contribution in [0.3, 0.4) is 0 Å². The van der Waals surface area contributed by atoms with Crippen molar-refractivity contribution in [1.82, 2.24) is 5.32 Å². The summed E-state index contributed by atoms with van der Waals surface area (Å²) in [6.45, 7) is 6.83. The number of hydrogen-bond acceptors (Lipinski definition) is 1. The van der Waals surface area contributed by atoms with Gasteiger partial charge >= 0.3 is 0 Å². The van der Waals surface area contributed by atoms with Gasteiger partial charge in [-0.2, -0.15) is 0 Å². The molecule has 23 heavy (non-hydrogen) atoms. The Morgan fingerprint density at radius 3 is 2.87 bits per heavy atom. The molecule has 1 aliphatic rings. The number of amides is 1. The van der Waals surface area contributed by atoms with E-state index in [1.807, 2.05) is 25.1 Å². The zero-order valence-corrected chi connectivity index (χ0v) is 16.1. The minimum atomic E-state index is -0.0205. The van der Waals surface area contributed by atoms with E-state index >= 15 is 0 Å². The predicted molar refractivity (Wildman–Crippen MR) is 101 cm³/mol. The van der Waals surface area contributed by atoms with Gasteiger partial charge < -0.3 is 5.32 Å². The number of hydrogen-bond donors (Lipinski definition) is 1. The highest BCUT2D eigenvalue weighted by atomic mass is 79.9. The summed E-state index contributed by atoms with van der Waals surface area (Å²) in [6, 6.07) is 6.16. The summed E-state index contributed by atoms with van der Waals surface area (Å²) in [5.74, 6) is 1.52. The summed E-state index contributed by atoms with van der Waals surface area (Å²) in [7, 11) is 0. The lowest BCUT2D eigenvalue weighted by Gasteiger charge is -2.04. The topological polar surface area (TPSA) is 29.1 Å². The molecule has 4 heteroatoms. The zero-order valence-electron chi connectivity index (χ0n) is 13.8. The third-order valence-corrected chi connectivity index (χ3v) is 5.09. The van der Waals surface area contributed by atoms with Crippen LogP contribution in [-0.4, -0.2) is 12.5 Å². The van der Waals surface area contributed by atoms with E-state index in [9.17, 15) is 4.79 Å². The Bertz CT molecular complexity index is 636. The average molecular weight is 397 g/mol. The lowest BCUT2D eigenvalue weighted by Crippen LogP contribution is -2.25. The SMILES string of the molecule is CC(C=C[C@@H]1C[C@H]1c1ccc(Br)c(Cl)c1)=CC(=O)NCC(C)C. The van der Waals surface area contributed by atoms with Crippen molar-refractivity contribution in [2.75, 3.05) is 6.54 Å². The average Bonchev–Trinajstić information content (AvgIpc) is 3.25. The van der Waals surface area contributed by atoms with E-state index in [0.29, 0.717) is 24.3 Å². The van der Waals surface area contributed by atoms with Crippen LogP contribution in [0.1, 0.15) is 38.7 Å². The standard InChI is InChI=1S/C19H23BrClNO/c1-12(2)11-22-19(23)8-13(3)4-5-14-9-16(14)15-6-7-17(20)18(21)10-15/h4-8,10,12,14,16H,9,11H2,1-3H3,(H,22,23)/t14-,16-/m1/s1. The molecule has 0 bridgehead atoms. The number of carbonyl (C=O) groups is 1. The highest BCUT2D eigenvalue weighted by molar-refractivity contribution is 9.10. The van der Waals surface area contributed by atoms with E-state index in [1.54, 1.807) is 6.08 Å². The van der Waals surface area contributed by atoms with Crippen LogP contribution in [0.4, 0.5) is 0 Å². The van der Waals surface area contributed by atoms with Gasteiger partial charge in [-0.15, -0.1) is 0 Å². The molecule has 2 atom stereocenters. The molecule has 0 spiro atoms. The first kappa shape index (κ1) is 18.3. The maximum atomic E-state index is 11.7. The normalized spacial score (nSPS) is 21.0. The number of benzene rings is 1. The van der Waals surface area contributed by atoms with Crippen molar-refractivity contribution in [2.24, 2.45) is 11.8 Å². The Labute approximate surface area is 152 Å². The van der Waals surface area contributed by atoms with Crippen molar-refractivity contribution in [1.29, 1.82) is 0 Å². The third kappa shape index (κ3) is 5.82. The van der Waals surface area contributed by atoms with Gasteiger partial charge in [-0.3, -0.25) is 4.79 Å². The highest BCUT2D eigenvalue weighted by Gasteiger charge is 2.36. The predicted octanol–water partition coefficient (Wildman–Crippen LogP) is 5.48. The van der Waals surface area contributed by atoms with Crippen molar-refractivity contribution in [3.63, 3.8) is 0 Å². The summed E-state index contributed by atoms with van der Waals surface area (Å²) in [5, 5.41) is 3.65. The summed E-state index contributed by atoms with van der Waals surface area (Å²) in [5.41, 5.74) is 2.26. The van der Waals surface area contributed by atoms with E-state index in [0.717, 1.165) is 21.5 Å². The molecular weight excluding hydrogens is 374 g/mol. The van der Waals surface area contributed by atoms with Gasteiger partial charge in [-0.05, 0) is 70.3 Å². The molecule has 1 aromatic carbocycles. The van der Waals surface area contributed by atoms with Crippen LogP contribution in [0.25, 0.3) is 0 Å². The Kier molecular flexibility index (Phi) is 6.49. The number of nitrogens with one attached hydrogen (secondary N) is 1. The molecule has 0 aromatic heterocycles. The van der Waals surface area contributed by atoms with E-state index in [2.05, 4.69) is 47.2 Å². The number of rotatable bonds is 6. The summed E-state index contributed by atoms with van der Waals surface area (Å²) < 4.78 is 0.932. The Balaban J connectivity index is 1.87. The van der Waals surface area contributed by atoms with Crippen molar-refractivity contribution in [3.05, 3.63) is 57.1 Å². The first-order valence-corrected chi connectivity index (χ1v) is 9.13. The smallest absolute Gasteiger partial charge is 0.244 e. The molecule has 1 N–H and O–H groups in total. The number of allylic oxidation sites excluding steroid dienone is 3. The van der Waals surface area contributed by atoms with Gasteiger partial charge in [0.1, 0.15) is 0 Å². The molecule has 2 nitrogen and oxygen atoms in total. The highest BCUT2D eigenvalue weighted by Crippen LogP contribution is 2.49. The molecule has 1 fully saturated rings. The summed E-state index contributed by atoms with van der Waals surface area (Å²) in [4.78, 5) is 11.7. The lowest BCUT2D eigenvalue weighted by atomic mass is 10.1. The zero-order chi connectivity index (χ0) is 17.0. The molecule has 0 unspecified atom stereocenters. The van der Waals surface area contributed by atoms with Crippen LogP contribution in [0.15, 0.2) is 46.5 Å². The van der Waals surface area contributed by atoms with Gasteiger partial charge in [0.25, 0.3) is 0 Å². The first-order chi connectivity index (χ1) is 10.9. The summed E-state index contributed by atoms with van der Waals surface area (Å²) >= 11 is 9.57. The first-order valence-electron chi connectivity index (χ1n) is 7.96. The quantitative estimate of drug-likeness (QED) is 0.500. The molecule has 1 amide bonds. The van der Waals surface area contributed by atoms with Crippen LogP contribution in [0.2, 0.25) is 5.02 Å². The second-order valence-electron chi connectivity index (χ2n) is 6.57. The minimum absolute atomic E-state index is 0.0205. The van der Waals surface area contributed by atoms with E-state index in [-0.39, 0.29) is 5.91 Å². The molecule has 0 saturated heterocycles. The Morgan fingerprint density at radius 2 is 2.22 bits per heavy atom. The lowest BCUT2D eigenvalue weighted by molar-refractivity contribution is -0.116.